The first kappa shape index (κ1) is 13.3. The molecule has 1 aliphatic heterocycles. The molecule has 2 heterocycles. The third-order valence-corrected chi connectivity index (χ3v) is 5.16. The molecule has 0 saturated heterocycles. The molecule has 1 N–H and O–H groups in total. The number of nitrogens with zero attached hydrogens (tertiary/aromatic N) is 1. The largest absolute Gasteiger partial charge is 0.380 e. The number of hydrogen-bond acceptors (Lipinski definition) is 4. The molecule has 4 nitrogen and oxygen atoms in total. The van der Waals surface area contributed by atoms with Crippen LogP contribution in [0.5, 0.6) is 0 Å². The Hall–Kier alpha value is -1.66. The summed E-state index contributed by atoms with van der Waals surface area (Å²) in [4.78, 5) is 26.0. The molecule has 2 amide bonds. The van der Waals surface area contributed by atoms with E-state index in [2.05, 4.69) is 21.2 Å². The number of nitrogens with one attached hydrogen (secondary N) is 1. The molecular weight excluding hydrogens is 340 g/mol. The quantitative estimate of drug-likeness (QED) is 0.863. The Morgan fingerprint density at radius 1 is 1.20 bits per heavy atom. The van der Waals surface area contributed by atoms with Crippen LogP contribution in [0, 0.1) is 0 Å². The number of thiophene rings is 1. The summed E-state index contributed by atoms with van der Waals surface area (Å²) in [5.41, 5.74) is 1.77. The summed E-state index contributed by atoms with van der Waals surface area (Å²) in [6, 6.07) is 7.26. The first-order valence-corrected chi connectivity index (χ1v) is 7.67. The Kier molecular flexibility index (Phi) is 3.35. The van der Waals surface area contributed by atoms with Crippen LogP contribution in [0.4, 0.5) is 5.69 Å². The van der Waals surface area contributed by atoms with Gasteiger partial charge in [-0.1, -0.05) is 0 Å². The molecule has 0 aliphatic carbocycles. The molecular formula is C14H11BrN2O2S. The van der Waals surface area contributed by atoms with Gasteiger partial charge in [0.15, 0.2) is 0 Å². The average molecular weight is 351 g/mol. The van der Waals surface area contributed by atoms with E-state index in [1.54, 1.807) is 23.5 Å². The molecule has 1 aromatic carbocycles. The molecule has 0 spiro atoms. The molecule has 1 aromatic heterocycles. The number of fused-ring (bicyclic) bond motifs is 1. The second kappa shape index (κ2) is 5.03. The first-order valence-electron chi connectivity index (χ1n) is 6.00. The number of halogens is 1. The molecule has 0 radical (unpaired) electrons. The minimum atomic E-state index is -0.244. The minimum absolute atomic E-state index is 0.238. The lowest BCUT2D eigenvalue weighted by Crippen LogP contribution is -2.24. The van der Waals surface area contributed by atoms with E-state index in [0.717, 1.165) is 15.1 Å². The average Bonchev–Trinajstić information content (AvgIpc) is 2.95. The highest BCUT2D eigenvalue weighted by atomic mass is 79.9. The number of amides is 2. The molecule has 102 valence electrons. The summed E-state index contributed by atoms with van der Waals surface area (Å²) in [5, 5.41) is 5.28. The molecule has 3 rings (SSSR count). The lowest BCUT2D eigenvalue weighted by Gasteiger charge is -2.06. The lowest BCUT2D eigenvalue weighted by molar-refractivity contribution is 0.0693. The topological polar surface area (TPSA) is 49.4 Å². The van der Waals surface area contributed by atoms with Gasteiger partial charge in [-0.25, -0.2) is 0 Å². The summed E-state index contributed by atoms with van der Waals surface area (Å²) in [5.74, 6) is -0.483. The van der Waals surface area contributed by atoms with Crippen molar-refractivity contribution in [2.45, 2.75) is 6.54 Å². The third kappa shape index (κ3) is 2.14. The summed E-state index contributed by atoms with van der Waals surface area (Å²) in [6.45, 7) is 0.676. The van der Waals surface area contributed by atoms with Gasteiger partial charge in [0.1, 0.15) is 0 Å². The van der Waals surface area contributed by atoms with Gasteiger partial charge in [-0.3, -0.25) is 14.5 Å². The highest BCUT2D eigenvalue weighted by Crippen LogP contribution is 2.27. The van der Waals surface area contributed by atoms with E-state index in [-0.39, 0.29) is 11.8 Å². The predicted molar refractivity (Wildman–Crippen MR) is 82.2 cm³/mol. The van der Waals surface area contributed by atoms with Crippen LogP contribution in [0.3, 0.4) is 0 Å². The van der Waals surface area contributed by atoms with Gasteiger partial charge in [-0.05, 0) is 45.6 Å². The van der Waals surface area contributed by atoms with Crippen LogP contribution in [0.1, 0.15) is 25.6 Å². The number of rotatable bonds is 3. The van der Waals surface area contributed by atoms with Crippen molar-refractivity contribution < 1.29 is 9.59 Å². The monoisotopic (exact) mass is 350 g/mol. The maximum atomic E-state index is 11.9. The molecule has 0 atom stereocenters. The van der Waals surface area contributed by atoms with Crippen molar-refractivity contribution in [1.29, 1.82) is 0 Å². The number of imide groups is 1. The minimum Gasteiger partial charge on any atom is -0.380 e. The van der Waals surface area contributed by atoms with Crippen LogP contribution >= 0.6 is 27.3 Å². The van der Waals surface area contributed by atoms with Crippen LogP contribution in [0.25, 0.3) is 0 Å². The number of anilines is 1. The van der Waals surface area contributed by atoms with Crippen molar-refractivity contribution in [1.82, 2.24) is 4.90 Å². The SMILES string of the molecule is CN1C(=O)c2ccc(NCc3sccc3Br)cc2C1=O. The van der Waals surface area contributed by atoms with E-state index in [4.69, 9.17) is 0 Å². The second-order valence-electron chi connectivity index (χ2n) is 4.47. The summed E-state index contributed by atoms with van der Waals surface area (Å²) in [6.07, 6.45) is 0. The van der Waals surface area contributed by atoms with Crippen molar-refractivity contribution in [3.63, 3.8) is 0 Å². The van der Waals surface area contributed by atoms with Crippen LogP contribution in [0.2, 0.25) is 0 Å². The Labute approximate surface area is 128 Å². The highest BCUT2D eigenvalue weighted by Gasteiger charge is 2.32. The molecule has 20 heavy (non-hydrogen) atoms. The maximum absolute atomic E-state index is 11.9. The number of hydrogen-bond donors (Lipinski definition) is 1. The Bertz CT molecular complexity index is 711. The molecule has 0 unspecified atom stereocenters. The summed E-state index contributed by atoms with van der Waals surface area (Å²) < 4.78 is 1.07. The zero-order valence-electron chi connectivity index (χ0n) is 10.6. The highest BCUT2D eigenvalue weighted by molar-refractivity contribution is 9.10. The predicted octanol–water partition coefficient (Wildman–Crippen LogP) is 3.35. The van der Waals surface area contributed by atoms with E-state index in [9.17, 15) is 9.59 Å². The first-order chi connectivity index (χ1) is 9.58. The molecule has 0 fully saturated rings. The van der Waals surface area contributed by atoms with Crippen LogP contribution in [-0.4, -0.2) is 23.8 Å². The summed E-state index contributed by atoms with van der Waals surface area (Å²) in [7, 11) is 1.50. The Morgan fingerprint density at radius 3 is 2.65 bits per heavy atom. The van der Waals surface area contributed by atoms with Crippen molar-refractivity contribution in [2.75, 3.05) is 12.4 Å². The molecule has 1 aliphatic rings. The van der Waals surface area contributed by atoms with Crippen LogP contribution < -0.4 is 5.32 Å². The number of carbonyl (C=O) groups is 2. The van der Waals surface area contributed by atoms with E-state index >= 15 is 0 Å². The molecule has 6 heteroatoms. The maximum Gasteiger partial charge on any atom is 0.261 e. The van der Waals surface area contributed by atoms with Gasteiger partial charge in [0.05, 0.1) is 17.7 Å². The second-order valence-corrected chi connectivity index (χ2v) is 6.33. The van der Waals surface area contributed by atoms with Gasteiger partial charge in [-0.15, -0.1) is 11.3 Å². The van der Waals surface area contributed by atoms with Crippen molar-refractivity contribution in [3.05, 3.63) is 50.1 Å². The normalized spacial score (nSPS) is 13.8. The van der Waals surface area contributed by atoms with Crippen LogP contribution in [-0.2, 0) is 6.54 Å². The smallest absolute Gasteiger partial charge is 0.261 e. The van der Waals surface area contributed by atoms with Crippen LogP contribution in [0.15, 0.2) is 34.1 Å². The fourth-order valence-corrected chi connectivity index (χ4v) is 3.54. The lowest BCUT2D eigenvalue weighted by atomic mass is 10.1. The summed E-state index contributed by atoms with van der Waals surface area (Å²) >= 11 is 5.14. The zero-order chi connectivity index (χ0) is 14.3. The number of benzene rings is 1. The van der Waals surface area contributed by atoms with Gasteiger partial charge in [0.25, 0.3) is 11.8 Å². The van der Waals surface area contributed by atoms with E-state index in [1.807, 2.05) is 17.5 Å². The Balaban J connectivity index is 1.82. The van der Waals surface area contributed by atoms with Crippen molar-refractivity contribution >= 4 is 44.8 Å². The Morgan fingerprint density at radius 2 is 1.95 bits per heavy atom. The van der Waals surface area contributed by atoms with Gasteiger partial charge in [0, 0.05) is 22.1 Å². The molecule has 0 bridgehead atoms. The molecule has 0 saturated carbocycles. The fraction of sp³-hybridized carbons (Fsp3) is 0.143. The van der Waals surface area contributed by atoms with Gasteiger partial charge >= 0.3 is 0 Å². The van der Waals surface area contributed by atoms with Gasteiger partial charge < -0.3 is 5.32 Å². The number of carbonyl (C=O) groups excluding carboxylic acids is 2. The third-order valence-electron chi connectivity index (χ3n) is 3.23. The van der Waals surface area contributed by atoms with Gasteiger partial charge in [0.2, 0.25) is 0 Å². The van der Waals surface area contributed by atoms with Crippen molar-refractivity contribution in [3.8, 4) is 0 Å². The molecule has 2 aromatic rings. The van der Waals surface area contributed by atoms with Crippen molar-refractivity contribution in [2.24, 2.45) is 0 Å². The van der Waals surface area contributed by atoms with E-state index < -0.39 is 0 Å². The standard InChI is InChI=1S/C14H11BrN2O2S/c1-17-13(18)9-3-2-8(6-10(9)14(17)19)16-7-12-11(15)4-5-20-12/h2-6,16H,7H2,1H3. The zero-order valence-corrected chi connectivity index (χ0v) is 13.0. The van der Waals surface area contributed by atoms with E-state index in [1.165, 1.54) is 11.9 Å². The van der Waals surface area contributed by atoms with Gasteiger partial charge in [-0.2, -0.15) is 0 Å². The van der Waals surface area contributed by atoms with E-state index in [0.29, 0.717) is 17.7 Å². The fourth-order valence-electron chi connectivity index (χ4n) is 2.10.